The Morgan fingerprint density at radius 3 is 3.07 bits per heavy atom. The molecule has 0 saturated heterocycles. The Hall–Kier alpha value is -0.730. The van der Waals surface area contributed by atoms with Gasteiger partial charge in [0.1, 0.15) is 18.0 Å². The topological polar surface area (TPSA) is 29.5 Å². The van der Waals surface area contributed by atoms with Gasteiger partial charge in [0.2, 0.25) is 0 Å². The third-order valence-corrected chi connectivity index (χ3v) is 2.85. The summed E-state index contributed by atoms with van der Waals surface area (Å²) in [7, 11) is 0. The monoisotopic (exact) mass is 212 g/mol. The average Bonchev–Trinajstić information content (AvgIpc) is 2.27. The Balaban J connectivity index is 2.13. The normalized spacial score (nSPS) is 22.3. The van der Waals surface area contributed by atoms with Crippen molar-refractivity contribution in [3.8, 4) is 5.75 Å². The Bertz CT molecular complexity index is 314. The molecule has 2 rings (SSSR count). The van der Waals surface area contributed by atoms with Crippen LogP contribution in [0.25, 0.3) is 0 Å². The molecule has 0 amide bonds. The molecule has 1 heterocycles. The van der Waals surface area contributed by atoms with E-state index >= 15 is 0 Å². The molecule has 1 aliphatic heterocycles. The Morgan fingerprint density at radius 1 is 1.50 bits per heavy atom. The van der Waals surface area contributed by atoms with E-state index in [1.54, 1.807) is 0 Å². The van der Waals surface area contributed by atoms with Crippen molar-refractivity contribution < 1.29 is 9.84 Å². The molecule has 2 unspecified atom stereocenters. The number of rotatable bonds is 2. The number of aryl methyl sites for hydroxylation is 1. The molecule has 2 nitrogen and oxygen atoms in total. The second-order valence-electron chi connectivity index (χ2n) is 3.52. The van der Waals surface area contributed by atoms with Gasteiger partial charge in [-0.25, -0.2) is 0 Å². The summed E-state index contributed by atoms with van der Waals surface area (Å²) in [4.78, 5) is 0. The van der Waals surface area contributed by atoms with Crippen LogP contribution in [0.2, 0.25) is 0 Å². The van der Waals surface area contributed by atoms with Gasteiger partial charge in [-0.15, -0.1) is 11.6 Å². The first-order valence-corrected chi connectivity index (χ1v) is 5.33. The number of halogens is 1. The van der Waals surface area contributed by atoms with E-state index in [0.29, 0.717) is 0 Å². The standard InChI is InChI=1S/C11H13ClO2/c12-7-9(13)11-6-5-8-3-1-2-4-10(8)14-11/h1-4,9,11,13H,5-7H2. The Morgan fingerprint density at radius 2 is 2.29 bits per heavy atom. The van der Waals surface area contributed by atoms with E-state index in [1.807, 2.05) is 18.2 Å². The number of para-hydroxylation sites is 1. The predicted molar refractivity (Wildman–Crippen MR) is 55.9 cm³/mol. The van der Waals surface area contributed by atoms with Crippen LogP contribution in [0.1, 0.15) is 12.0 Å². The molecule has 0 spiro atoms. The molecule has 2 atom stereocenters. The lowest BCUT2D eigenvalue weighted by molar-refractivity contribution is 0.0378. The van der Waals surface area contributed by atoms with E-state index in [9.17, 15) is 5.11 Å². The first kappa shape index (κ1) is 9.81. The van der Waals surface area contributed by atoms with Crippen molar-refractivity contribution in [3.63, 3.8) is 0 Å². The number of hydrogen-bond donors (Lipinski definition) is 1. The van der Waals surface area contributed by atoms with E-state index in [-0.39, 0.29) is 12.0 Å². The van der Waals surface area contributed by atoms with Crippen LogP contribution in [0.4, 0.5) is 0 Å². The molecule has 0 saturated carbocycles. The third-order valence-electron chi connectivity index (χ3n) is 2.54. The molecule has 14 heavy (non-hydrogen) atoms. The molecular weight excluding hydrogens is 200 g/mol. The van der Waals surface area contributed by atoms with Crippen molar-refractivity contribution in [2.24, 2.45) is 0 Å². The molecule has 0 aliphatic carbocycles. The first-order valence-electron chi connectivity index (χ1n) is 4.80. The minimum Gasteiger partial charge on any atom is -0.487 e. The molecule has 3 heteroatoms. The van der Waals surface area contributed by atoms with Gasteiger partial charge >= 0.3 is 0 Å². The summed E-state index contributed by atoms with van der Waals surface area (Å²) >= 11 is 5.58. The summed E-state index contributed by atoms with van der Waals surface area (Å²) in [6.45, 7) is 0. The first-order chi connectivity index (χ1) is 6.81. The maximum absolute atomic E-state index is 9.55. The second kappa shape index (κ2) is 4.20. The van der Waals surface area contributed by atoms with Crippen molar-refractivity contribution in [1.29, 1.82) is 0 Å². The molecule has 1 N–H and O–H groups in total. The fourth-order valence-electron chi connectivity index (χ4n) is 1.72. The molecule has 1 aromatic rings. The van der Waals surface area contributed by atoms with Gasteiger partial charge < -0.3 is 9.84 Å². The van der Waals surface area contributed by atoms with Crippen molar-refractivity contribution in [1.82, 2.24) is 0 Å². The SMILES string of the molecule is OC(CCl)C1CCc2ccccc2O1. The lowest BCUT2D eigenvalue weighted by atomic mass is 10.00. The summed E-state index contributed by atoms with van der Waals surface area (Å²) in [6.07, 6.45) is 1.08. The minimum atomic E-state index is -0.565. The summed E-state index contributed by atoms with van der Waals surface area (Å²) in [6, 6.07) is 7.93. The van der Waals surface area contributed by atoms with Crippen LogP contribution in [0.15, 0.2) is 24.3 Å². The lowest BCUT2D eigenvalue weighted by Gasteiger charge is -2.28. The number of ether oxygens (including phenoxy) is 1. The largest absolute Gasteiger partial charge is 0.487 e. The Labute approximate surface area is 88.5 Å². The highest BCUT2D eigenvalue weighted by Crippen LogP contribution is 2.28. The van der Waals surface area contributed by atoms with Crippen LogP contribution < -0.4 is 4.74 Å². The highest BCUT2D eigenvalue weighted by Gasteiger charge is 2.25. The predicted octanol–water partition coefficient (Wildman–Crippen LogP) is 1.98. The smallest absolute Gasteiger partial charge is 0.126 e. The number of hydrogen-bond acceptors (Lipinski definition) is 2. The zero-order valence-electron chi connectivity index (χ0n) is 7.82. The molecule has 0 aromatic heterocycles. The summed E-state index contributed by atoms with van der Waals surface area (Å²) in [5, 5.41) is 9.55. The van der Waals surface area contributed by atoms with Gasteiger partial charge in [0.25, 0.3) is 0 Å². The van der Waals surface area contributed by atoms with Crippen LogP contribution in [-0.2, 0) is 6.42 Å². The van der Waals surface area contributed by atoms with Gasteiger partial charge in [-0.2, -0.15) is 0 Å². The number of fused-ring (bicyclic) bond motifs is 1. The molecule has 0 bridgehead atoms. The molecule has 1 aliphatic rings. The fourth-order valence-corrected chi connectivity index (χ4v) is 1.91. The second-order valence-corrected chi connectivity index (χ2v) is 3.83. The quantitative estimate of drug-likeness (QED) is 0.760. The zero-order chi connectivity index (χ0) is 9.97. The third kappa shape index (κ3) is 1.86. The van der Waals surface area contributed by atoms with Crippen molar-refractivity contribution >= 4 is 11.6 Å². The lowest BCUT2D eigenvalue weighted by Crippen LogP contribution is -2.36. The summed E-state index contributed by atoms with van der Waals surface area (Å²) < 4.78 is 5.65. The van der Waals surface area contributed by atoms with E-state index < -0.39 is 6.10 Å². The van der Waals surface area contributed by atoms with Crippen LogP contribution in [-0.4, -0.2) is 23.2 Å². The van der Waals surface area contributed by atoms with Crippen LogP contribution in [0, 0.1) is 0 Å². The summed E-state index contributed by atoms with van der Waals surface area (Å²) in [5.41, 5.74) is 1.21. The Kier molecular flexibility index (Phi) is 2.94. The maximum Gasteiger partial charge on any atom is 0.126 e. The van der Waals surface area contributed by atoms with Crippen LogP contribution >= 0.6 is 11.6 Å². The van der Waals surface area contributed by atoms with Crippen LogP contribution in [0.3, 0.4) is 0 Å². The van der Waals surface area contributed by atoms with E-state index in [2.05, 4.69) is 6.07 Å². The molecule has 76 valence electrons. The highest BCUT2D eigenvalue weighted by atomic mass is 35.5. The van der Waals surface area contributed by atoms with Gasteiger partial charge in [-0.05, 0) is 24.5 Å². The van der Waals surface area contributed by atoms with Gasteiger partial charge in [0, 0.05) is 0 Å². The minimum absolute atomic E-state index is 0.151. The number of aliphatic hydroxyl groups is 1. The van der Waals surface area contributed by atoms with Gasteiger partial charge in [-0.3, -0.25) is 0 Å². The number of benzene rings is 1. The number of aliphatic hydroxyl groups excluding tert-OH is 1. The van der Waals surface area contributed by atoms with Crippen molar-refractivity contribution in [2.75, 3.05) is 5.88 Å². The fraction of sp³-hybridized carbons (Fsp3) is 0.455. The summed E-state index contributed by atoms with van der Waals surface area (Å²) in [5.74, 6) is 1.11. The van der Waals surface area contributed by atoms with Gasteiger partial charge in [-0.1, -0.05) is 18.2 Å². The molecule has 0 fully saturated rings. The molecular formula is C11H13ClO2. The number of alkyl halides is 1. The maximum atomic E-state index is 9.55. The average molecular weight is 213 g/mol. The van der Waals surface area contributed by atoms with Crippen molar-refractivity contribution in [3.05, 3.63) is 29.8 Å². The zero-order valence-corrected chi connectivity index (χ0v) is 8.57. The molecule has 1 aromatic carbocycles. The molecule has 0 radical (unpaired) electrons. The van der Waals surface area contributed by atoms with Gasteiger partial charge in [0.15, 0.2) is 0 Å². The van der Waals surface area contributed by atoms with Crippen molar-refractivity contribution in [2.45, 2.75) is 25.0 Å². The van der Waals surface area contributed by atoms with Crippen LogP contribution in [0.5, 0.6) is 5.75 Å². The van der Waals surface area contributed by atoms with Gasteiger partial charge in [0.05, 0.1) is 5.88 Å². The van der Waals surface area contributed by atoms with E-state index in [1.165, 1.54) is 5.56 Å². The van der Waals surface area contributed by atoms with E-state index in [0.717, 1.165) is 18.6 Å². The van der Waals surface area contributed by atoms with E-state index in [4.69, 9.17) is 16.3 Å². The highest BCUT2D eigenvalue weighted by molar-refractivity contribution is 6.18.